The number of halogens is 1. The topological polar surface area (TPSA) is 52.6 Å². The number of carbonyl (C=O) groups excluding carboxylic acids is 2. The Morgan fingerprint density at radius 2 is 1.70 bits per heavy atom. The first-order chi connectivity index (χ1) is 11.1. The lowest BCUT2D eigenvalue weighted by Gasteiger charge is -2.05. The van der Waals surface area contributed by atoms with Gasteiger partial charge in [0.25, 0.3) is 0 Å². The first-order valence-electron chi connectivity index (χ1n) is 6.86. The third-order valence-electron chi connectivity index (χ3n) is 2.90. The van der Waals surface area contributed by atoms with Crippen LogP contribution in [-0.2, 0) is 9.53 Å². The molecule has 6 heteroatoms. The maximum absolute atomic E-state index is 12.8. The smallest absolute Gasteiger partial charge is 0.337 e. The molecule has 0 unspecified atom stereocenters. The standard InChI is InChI=1S/C17H15FO4S/c1-21-17(20)12-2-6-14(7-3-12)22-16(19)10-11-23-15-8-4-13(18)5-9-15/h2-9H,10-11H2,1H3. The maximum Gasteiger partial charge on any atom is 0.337 e. The predicted octanol–water partition coefficient (Wildman–Crippen LogP) is 3.70. The van der Waals surface area contributed by atoms with Crippen LogP contribution in [0, 0.1) is 5.82 Å². The largest absolute Gasteiger partial charge is 0.465 e. The molecule has 23 heavy (non-hydrogen) atoms. The summed E-state index contributed by atoms with van der Waals surface area (Å²) in [7, 11) is 1.30. The number of rotatable bonds is 6. The van der Waals surface area contributed by atoms with Gasteiger partial charge in [0, 0.05) is 10.6 Å². The molecule has 0 atom stereocenters. The number of hydrogen-bond acceptors (Lipinski definition) is 5. The molecule has 0 fully saturated rings. The summed E-state index contributed by atoms with van der Waals surface area (Å²) in [4.78, 5) is 23.9. The van der Waals surface area contributed by atoms with Crippen LogP contribution in [0.1, 0.15) is 16.8 Å². The van der Waals surface area contributed by atoms with Crippen molar-refractivity contribution in [2.45, 2.75) is 11.3 Å². The lowest BCUT2D eigenvalue weighted by molar-refractivity contribution is -0.133. The maximum atomic E-state index is 12.8. The van der Waals surface area contributed by atoms with Gasteiger partial charge in [-0.1, -0.05) is 0 Å². The zero-order valence-electron chi connectivity index (χ0n) is 12.5. The molecule has 2 aromatic rings. The number of benzene rings is 2. The van der Waals surface area contributed by atoms with Gasteiger partial charge >= 0.3 is 11.9 Å². The van der Waals surface area contributed by atoms with Gasteiger partial charge in [-0.05, 0) is 48.5 Å². The van der Waals surface area contributed by atoms with Crippen molar-refractivity contribution in [3.8, 4) is 5.75 Å². The second-order valence-corrected chi connectivity index (χ2v) is 5.71. The monoisotopic (exact) mass is 334 g/mol. The Morgan fingerprint density at radius 3 is 2.30 bits per heavy atom. The minimum atomic E-state index is -0.446. The predicted molar refractivity (Wildman–Crippen MR) is 85.2 cm³/mol. The molecule has 0 spiro atoms. The Morgan fingerprint density at radius 1 is 1.04 bits per heavy atom. The second-order valence-electron chi connectivity index (χ2n) is 4.54. The Hall–Kier alpha value is -2.34. The van der Waals surface area contributed by atoms with E-state index in [9.17, 15) is 14.0 Å². The minimum Gasteiger partial charge on any atom is -0.465 e. The molecule has 2 aromatic carbocycles. The van der Waals surface area contributed by atoms with E-state index in [1.54, 1.807) is 12.1 Å². The van der Waals surface area contributed by atoms with Crippen LogP contribution in [0.5, 0.6) is 5.75 Å². The van der Waals surface area contributed by atoms with Crippen molar-refractivity contribution < 1.29 is 23.5 Å². The van der Waals surface area contributed by atoms with E-state index in [-0.39, 0.29) is 18.2 Å². The van der Waals surface area contributed by atoms with Crippen molar-refractivity contribution in [1.82, 2.24) is 0 Å². The molecular weight excluding hydrogens is 319 g/mol. The van der Waals surface area contributed by atoms with E-state index in [0.717, 1.165) is 4.90 Å². The van der Waals surface area contributed by atoms with Crippen molar-refractivity contribution in [1.29, 1.82) is 0 Å². The fourth-order valence-electron chi connectivity index (χ4n) is 1.74. The average Bonchev–Trinajstić information content (AvgIpc) is 2.56. The van der Waals surface area contributed by atoms with Gasteiger partial charge in [-0.2, -0.15) is 0 Å². The lowest BCUT2D eigenvalue weighted by atomic mass is 10.2. The summed E-state index contributed by atoms with van der Waals surface area (Å²) in [6.45, 7) is 0. The van der Waals surface area contributed by atoms with E-state index in [4.69, 9.17) is 4.74 Å². The summed E-state index contributed by atoms with van der Waals surface area (Å²) < 4.78 is 22.5. The molecule has 0 bridgehead atoms. The normalized spacial score (nSPS) is 10.2. The van der Waals surface area contributed by atoms with E-state index < -0.39 is 5.97 Å². The Balaban J connectivity index is 1.78. The molecule has 0 saturated carbocycles. The SMILES string of the molecule is COC(=O)c1ccc(OC(=O)CCSc2ccc(F)cc2)cc1. The van der Waals surface area contributed by atoms with E-state index in [2.05, 4.69) is 4.74 Å². The average molecular weight is 334 g/mol. The van der Waals surface area contributed by atoms with E-state index in [1.807, 2.05) is 0 Å². The molecule has 0 aliphatic heterocycles. The van der Waals surface area contributed by atoms with Gasteiger partial charge in [0.15, 0.2) is 0 Å². The summed E-state index contributed by atoms with van der Waals surface area (Å²) in [5.74, 6) is -0.201. The van der Waals surface area contributed by atoms with E-state index in [1.165, 1.54) is 55.3 Å². The molecule has 0 saturated heterocycles. The molecule has 2 rings (SSSR count). The first-order valence-corrected chi connectivity index (χ1v) is 7.84. The fraction of sp³-hybridized carbons (Fsp3) is 0.176. The molecule has 0 heterocycles. The first kappa shape index (κ1) is 17.0. The number of methoxy groups -OCH3 is 1. The third kappa shape index (κ3) is 5.41. The summed E-state index contributed by atoms with van der Waals surface area (Å²) in [6, 6.07) is 12.2. The van der Waals surface area contributed by atoms with Gasteiger partial charge in [0.1, 0.15) is 11.6 Å². The van der Waals surface area contributed by atoms with Crippen LogP contribution in [0.4, 0.5) is 4.39 Å². The van der Waals surface area contributed by atoms with Crippen LogP contribution in [0.2, 0.25) is 0 Å². The van der Waals surface area contributed by atoms with Crippen LogP contribution in [0.25, 0.3) is 0 Å². The minimum absolute atomic E-state index is 0.223. The van der Waals surface area contributed by atoms with Crippen molar-refractivity contribution >= 4 is 23.7 Å². The van der Waals surface area contributed by atoms with Crippen molar-refractivity contribution in [2.75, 3.05) is 12.9 Å². The van der Waals surface area contributed by atoms with Crippen LogP contribution in [-0.4, -0.2) is 24.8 Å². The van der Waals surface area contributed by atoms with E-state index >= 15 is 0 Å². The van der Waals surface area contributed by atoms with Gasteiger partial charge < -0.3 is 9.47 Å². The van der Waals surface area contributed by atoms with Crippen LogP contribution >= 0.6 is 11.8 Å². The number of thioether (sulfide) groups is 1. The van der Waals surface area contributed by atoms with Crippen LogP contribution < -0.4 is 4.74 Å². The molecule has 0 aliphatic carbocycles. The van der Waals surface area contributed by atoms with Crippen molar-refractivity contribution in [3.05, 3.63) is 59.9 Å². The summed E-state index contributed by atoms with van der Waals surface area (Å²) in [5, 5.41) is 0. The summed E-state index contributed by atoms with van der Waals surface area (Å²) >= 11 is 1.45. The molecule has 0 aliphatic rings. The Bertz CT molecular complexity index is 668. The van der Waals surface area contributed by atoms with Gasteiger partial charge in [-0.15, -0.1) is 11.8 Å². The zero-order chi connectivity index (χ0) is 16.7. The lowest BCUT2D eigenvalue weighted by Crippen LogP contribution is -2.09. The number of esters is 2. The Labute approximate surface area is 137 Å². The second kappa shape index (κ2) is 8.33. The summed E-state index contributed by atoms with van der Waals surface area (Å²) in [5.41, 5.74) is 0.388. The number of carbonyl (C=O) groups is 2. The van der Waals surface area contributed by atoms with Gasteiger partial charge in [-0.25, -0.2) is 9.18 Å². The van der Waals surface area contributed by atoms with Gasteiger partial charge in [0.2, 0.25) is 0 Å². The number of ether oxygens (including phenoxy) is 2. The van der Waals surface area contributed by atoms with Gasteiger partial charge in [0.05, 0.1) is 19.1 Å². The molecular formula is C17H15FO4S. The fourth-order valence-corrected chi connectivity index (χ4v) is 2.58. The highest BCUT2D eigenvalue weighted by Crippen LogP contribution is 2.20. The number of hydrogen-bond donors (Lipinski definition) is 0. The van der Waals surface area contributed by atoms with Crippen molar-refractivity contribution in [3.63, 3.8) is 0 Å². The quantitative estimate of drug-likeness (QED) is 0.458. The zero-order valence-corrected chi connectivity index (χ0v) is 13.3. The molecule has 0 aromatic heterocycles. The summed E-state index contributed by atoms with van der Waals surface area (Å²) in [6.07, 6.45) is 0.223. The molecule has 120 valence electrons. The van der Waals surface area contributed by atoms with E-state index in [0.29, 0.717) is 17.1 Å². The molecule has 0 N–H and O–H groups in total. The highest BCUT2D eigenvalue weighted by Gasteiger charge is 2.08. The molecule has 0 amide bonds. The third-order valence-corrected chi connectivity index (χ3v) is 3.91. The van der Waals surface area contributed by atoms with Gasteiger partial charge in [-0.3, -0.25) is 4.79 Å². The van der Waals surface area contributed by atoms with Crippen LogP contribution in [0.15, 0.2) is 53.4 Å². The Kier molecular flexibility index (Phi) is 6.17. The van der Waals surface area contributed by atoms with Crippen molar-refractivity contribution in [2.24, 2.45) is 0 Å². The van der Waals surface area contributed by atoms with Crippen LogP contribution in [0.3, 0.4) is 0 Å². The molecule has 4 nitrogen and oxygen atoms in total. The highest BCUT2D eigenvalue weighted by atomic mass is 32.2. The molecule has 0 radical (unpaired) electrons. The highest BCUT2D eigenvalue weighted by molar-refractivity contribution is 7.99.